The first kappa shape index (κ1) is 12.5. The Morgan fingerprint density at radius 1 is 1.13 bits per heavy atom. The minimum Gasteiger partial charge on any atom is -0.302 e. The fourth-order valence-electron chi connectivity index (χ4n) is 1.67. The number of hydrogen-bond donors (Lipinski definition) is 0. The standard InChI is InChI=1S/C13H23NSi/c1-12(15(3,4)5)14(2)11-13-9-7-6-8-10-13/h6-10,12H,11H2,1-5H3. The molecule has 1 aromatic rings. The van der Waals surface area contributed by atoms with Crippen molar-refractivity contribution in [1.29, 1.82) is 0 Å². The Morgan fingerprint density at radius 3 is 2.13 bits per heavy atom. The van der Waals surface area contributed by atoms with Gasteiger partial charge >= 0.3 is 0 Å². The first-order valence-electron chi connectivity index (χ1n) is 5.65. The molecular formula is C13H23NSi. The van der Waals surface area contributed by atoms with E-state index in [1.54, 1.807) is 0 Å². The molecule has 84 valence electrons. The van der Waals surface area contributed by atoms with E-state index in [0.29, 0.717) is 0 Å². The van der Waals surface area contributed by atoms with Crippen molar-refractivity contribution >= 4 is 8.07 Å². The predicted octanol–water partition coefficient (Wildman–Crippen LogP) is 3.38. The maximum absolute atomic E-state index is 2.47. The molecule has 0 amide bonds. The van der Waals surface area contributed by atoms with Crippen molar-refractivity contribution in [2.75, 3.05) is 7.05 Å². The van der Waals surface area contributed by atoms with Gasteiger partial charge in [0.25, 0.3) is 0 Å². The molecule has 0 saturated heterocycles. The molecule has 0 aliphatic rings. The highest BCUT2D eigenvalue weighted by molar-refractivity contribution is 6.77. The Labute approximate surface area is 95.1 Å². The van der Waals surface area contributed by atoms with Gasteiger partial charge in [0.05, 0.1) is 8.07 Å². The van der Waals surface area contributed by atoms with Crippen LogP contribution in [-0.4, -0.2) is 25.7 Å². The summed E-state index contributed by atoms with van der Waals surface area (Å²) in [6, 6.07) is 10.7. The highest BCUT2D eigenvalue weighted by Gasteiger charge is 2.25. The van der Waals surface area contributed by atoms with Gasteiger partial charge in [-0.2, -0.15) is 0 Å². The van der Waals surface area contributed by atoms with Crippen LogP contribution < -0.4 is 0 Å². The summed E-state index contributed by atoms with van der Waals surface area (Å²) in [5, 5.41) is 0. The summed E-state index contributed by atoms with van der Waals surface area (Å²) in [7, 11) is 1.18. The van der Waals surface area contributed by atoms with Crippen molar-refractivity contribution in [3.63, 3.8) is 0 Å². The molecule has 0 heterocycles. The predicted molar refractivity (Wildman–Crippen MR) is 70.7 cm³/mol. The molecule has 0 fully saturated rings. The Hall–Kier alpha value is -0.603. The number of rotatable bonds is 4. The average Bonchev–Trinajstić information content (AvgIpc) is 2.16. The highest BCUT2D eigenvalue weighted by Crippen LogP contribution is 2.15. The average molecular weight is 221 g/mol. The molecule has 1 unspecified atom stereocenters. The zero-order valence-corrected chi connectivity index (χ0v) is 11.6. The van der Waals surface area contributed by atoms with Crippen LogP contribution in [0.5, 0.6) is 0 Å². The lowest BCUT2D eigenvalue weighted by atomic mass is 10.2. The first-order chi connectivity index (χ1) is 6.91. The van der Waals surface area contributed by atoms with Crippen molar-refractivity contribution in [1.82, 2.24) is 4.90 Å². The normalized spacial score (nSPS) is 14.3. The topological polar surface area (TPSA) is 3.24 Å². The van der Waals surface area contributed by atoms with Crippen LogP contribution >= 0.6 is 0 Å². The second-order valence-corrected chi connectivity index (χ2v) is 11.0. The summed E-state index contributed by atoms with van der Waals surface area (Å²) in [6.45, 7) is 10.7. The summed E-state index contributed by atoms with van der Waals surface area (Å²) in [6.07, 6.45) is 0. The molecule has 1 nitrogen and oxygen atoms in total. The molecular weight excluding hydrogens is 198 g/mol. The van der Waals surface area contributed by atoms with E-state index >= 15 is 0 Å². The van der Waals surface area contributed by atoms with Gasteiger partial charge in [-0.25, -0.2) is 0 Å². The Balaban J connectivity index is 2.60. The Bertz CT molecular complexity index is 289. The maximum Gasteiger partial charge on any atom is 0.0634 e. The third-order valence-electron chi connectivity index (χ3n) is 3.19. The third-order valence-corrected chi connectivity index (χ3v) is 6.14. The quantitative estimate of drug-likeness (QED) is 0.705. The van der Waals surface area contributed by atoms with Gasteiger partial charge in [0.15, 0.2) is 0 Å². The molecule has 0 aliphatic carbocycles. The molecule has 0 aliphatic heterocycles. The summed E-state index contributed by atoms with van der Waals surface area (Å²) < 4.78 is 0. The first-order valence-corrected chi connectivity index (χ1v) is 9.23. The lowest BCUT2D eigenvalue weighted by Gasteiger charge is -2.34. The summed E-state index contributed by atoms with van der Waals surface area (Å²) in [5.41, 5.74) is 2.13. The van der Waals surface area contributed by atoms with Crippen LogP contribution in [0.25, 0.3) is 0 Å². The maximum atomic E-state index is 2.47. The molecule has 1 atom stereocenters. The Morgan fingerprint density at radius 2 is 1.67 bits per heavy atom. The molecule has 15 heavy (non-hydrogen) atoms. The molecule has 0 radical (unpaired) electrons. The van der Waals surface area contributed by atoms with Gasteiger partial charge in [0.2, 0.25) is 0 Å². The van der Waals surface area contributed by atoms with E-state index in [1.807, 2.05) is 0 Å². The van der Waals surface area contributed by atoms with Gasteiger partial charge in [0, 0.05) is 12.2 Å². The second-order valence-electron chi connectivity index (χ2n) is 5.44. The summed E-state index contributed by atoms with van der Waals surface area (Å²) in [5.74, 6) is 0. The summed E-state index contributed by atoms with van der Waals surface area (Å²) >= 11 is 0. The van der Waals surface area contributed by atoms with Crippen LogP contribution in [0.3, 0.4) is 0 Å². The van der Waals surface area contributed by atoms with Gasteiger partial charge in [-0.15, -0.1) is 0 Å². The minimum absolute atomic E-state index is 0.720. The third kappa shape index (κ3) is 3.80. The van der Waals surface area contributed by atoms with E-state index < -0.39 is 8.07 Å². The summed E-state index contributed by atoms with van der Waals surface area (Å²) in [4.78, 5) is 2.47. The molecule has 0 spiro atoms. The van der Waals surface area contributed by atoms with E-state index in [1.165, 1.54) is 5.56 Å². The van der Waals surface area contributed by atoms with Crippen LogP contribution in [0.4, 0.5) is 0 Å². The molecule has 0 saturated carbocycles. The van der Waals surface area contributed by atoms with Gasteiger partial charge in [-0.1, -0.05) is 56.9 Å². The lowest BCUT2D eigenvalue weighted by molar-refractivity contribution is 0.305. The van der Waals surface area contributed by atoms with Crippen LogP contribution in [0.1, 0.15) is 12.5 Å². The molecule has 0 N–H and O–H groups in total. The van der Waals surface area contributed by atoms with Crippen LogP contribution in [0.2, 0.25) is 19.6 Å². The fraction of sp³-hybridized carbons (Fsp3) is 0.538. The molecule has 1 aromatic carbocycles. The van der Waals surface area contributed by atoms with Crippen LogP contribution in [-0.2, 0) is 6.54 Å². The SMILES string of the molecule is CC(N(C)Cc1ccccc1)[Si](C)(C)C. The fourth-order valence-corrected chi connectivity index (χ4v) is 3.08. The highest BCUT2D eigenvalue weighted by atomic mass is 28.3. The van der Waals surface area contributed by atoms with E-state index in [-0.39, 0.29) is 0 Å². The van der Waals surface area contributed by atoms with Crippen molar-refractivity contribution in [2.24, 2.45) is 0 Å². The van der Waals surface area contributed by atoms with E-state index in [9.17, 15) is 0 Å². The number of hydrogen-bond acceptors (Lipinski definition) is 1. The van der Waals surface area contributed by atoms with Gasteiger partial charge in [-0.3, -0.25) is 0 Å². The molecule has 2 heteroatoms. The zero-order valence-electron chi connectivity index (χ0n) is 10.6. The van der Waals surface area contributed by atoms with Crippen LogP contribution in [0, 0.1) is 0 Å². The van der Waals surface area contributed by atoms with Crippen LogP contribution in [0.15, 0.2) is 30.3 Å². The minimum atomic E-state index is -1.05. The van der Waals surface area contributed by atoms with Gasteiger partial charge in [0.1, 0.15) is 0 Å². The van der Waals surface area contributed by atoms with Crippen molar-refractivity contribution in [3.05, 3.63) is 35.9 Å². The molecule has 1 rings (SSSR count). The van der Waals surface area contributed by atoms with Crippen molar-refractivity contribution < 1.29 is 0 Å². The number of benzene rings is 1. The smallest absolute Gasteiger partial charge is 0.0634 e. The lowest BCUT2D eigenvalue weighted by Crippen LogP contribution is -2.47. The van der Waals surface area contributed by atoms with Crippen molar-refractivity contribution in [2.45, 2.75) is 38.8 Å². The molecule has 0 aromatic heterocycles. The second kappa shape index (κ2) is 4.95. The largest absolute Gasteiger partial charge is 0.302 e. The van der Waals surface area contributed by atoms with Crippen molar-refractivity contribution in [3.8, 4) is 0 Å². The Kier molecular flexibility index (Phi) is 4.11. The van der Waals surface area contributed by atoms with Gasteiger partial charge in [-0.05, 0) is 12.6 Å². The monoisotopic (exact) mass is 221 g/mol. The van der Waals surface area contributed by atoms with Gasteiger partial charge < -0.3 is 4.90 Å². The van der Waals surface area contributed by atoms with E-state index in [2.05, 4.69) is 68.8 Å². The van der Waals surface area contributed by atoms with E-state index in [4.69, 9.17) is 0 Å². The number of nitrogens with zero attached hydrogens (tertiary/aromatic N) is 1. The van der Waals surface area contributed by atoms with E-state index in [0.717, 1.165) is 12.2 Å². The molecule has 0 bridgehead atoms. The zero-order chi connectivity index (χ0) is 11.5.